The van der Waals surface area contributed by atoms with Gasteiger partial charge in [0.05, 0.1) is 18.1 Å². The van der Waals surface area contributed by atoms with Crippen molar-refractivity contribution in [1.29, 1.82) is 0 Å². The molecule has 0 bridgehead atoms. The van der Waals surface area contributed by atoms with Gasteiger partial charge >= 0.3 is 5.97 Å². The molecule has 6 rings (SSSR count). The van der Waals surface area contributed by atoms with Crippen LogP contribution < -0.4 is 0 Å². The minimum Gasteiger partial charge on any atom is -0.432 e. The van der Waals surface area contributed by atoms with Crippen LogP contribution in [0.25, 0.3) is 0 Å². The van der Waals surface area contributed by atoms with E-state index in [-0.39, 0.29) is 27.8 Å². The van der Waals surface area contributed by atoms with Crippen LogP contribution in [0.15, 0.2) is 22.8 Å². The van der Waals surface area contributed by atoms with Gasteiger partial charge in [-0.1, -0.05) is 53.2 Å². The van der Waals surface area contributed by atoms with E-state index in [1.807, 2.05) is 0 Å². The lowest BCUT2D eigenvalue weighted by Gasteiger charge is -2.70. The van der Waals surface area contributed by atoms with Crippen LogP contribution in [-0.2, 0) is 14.3 Å². The largest absolute Gasteiger partial charge is 0.432 e. The zero-order valence-electron chi connectivity index (χ0n) is 27.8. The summed E-state index contributed by atoms with van der Waals surface area (Å²) in [6.45, 7) is 15.8. The van der Waals surface area contributed by atoms with Gasteiger partial charge in [-0.2, -0.15) is 0 Å². The number of fused-ring (bicyclic) bond motifs is 7. The summed E-state index contributed by atoms with van der Waals surface area (Å²) in [5.74, 6) is 0.796. The van der Waals surface area contributed by atoms with Crippen LogP contribution in [0.1, 0.15) is 106 Å². The van der Waals surface area contributed by atoms with Crippen LogP contribution in [0.3, 0.4) is 0 Å². The van der Waals surface area contributed by atoms with Gasteiger partial charge in [-0.05, 0) is 115 Å². The SMILES string of the molecule is CC1=C2C3=CC[C@@H]4[C@@]5(C)CC[C@H](O)C(C)(C)[C@@H]5CC[C@@]4(C)[C@]3(C)CC[C@@]2(C(=O)O[C@@H]2O[C@H](CO)[C@@H](O)[C@H](O)[C@H]2O)CC[C@H]1C. The van der Waals surface area contributed by atoms with Gasteiger partial charge in [0.15, 0.2) is 0 Å². The van der Waals surface area contributed by atoms with E-state index in [1.165, 1.54) is 11.1 Å². The summed E-state index contributed by atoms with van der Waals surface area (Å²) in [5, 5.41) is 52.0. The van der Waals surface area contributed by atoms with E-state index in [0.29, 0.717) is 30.6 Å². The second-order valence-corrected chi connectivity index (χ2v) is 16.8. The normalized spacial score (nSPS) is 51.7. The van der Waals surface area contributed by atoms with Gasteiger partial charge in [0.1, 0.15) is 24.4 Å². The average molecular weight is 617 g/mol. The van der Waals surface area contributed by atoms with E-state index in [2.05, 4.69) is 54.5 Å². The molecule has 1 aliphatic heterocycles. The molecule has 1 saturated heterocycles. The fourth-order valence-corrected chi connectivity index (χ4v) is 11.6. The Morgan fingerprint density at radius 2 is 1.61 bits per heavy atom. The number of carbonyl (C=O) groups is 1. The zero-order chi connectivity index (χ0) is 32.2. The smallest absolute Gasteiger partial charge is 0.318 e. The molecule has 0 aromatic heterocycles. The van der Waals surface area contributed by atoms with Crippen molar-refractivity contribution in [2.75, 3.05) is 6.61 Å². The first-order valence-corrected chi connectivity index (χ1v) is 17.1. The molecule has 3 saturated carbocycles. The van der Waals surface area contributed by atoms with Gasteiger partial charge in [-0.25, -0.2) is 0 Å². The first-order valence-electron chi connectivity index (χ1n) is 17.1. The van der Waals surface area contributed by atoms with Crippen molar-refractivity contribution in [2.24, 2.45) is 44.8 Å². The summed E-state index contributed by atoms with van der Waals surface area (Å²) >= 11 is 0. The maximum Gasteiger partial charge on any atom is 0.318 e. The van der Waals surface area contributed by atoms with E-state index in [0.717, 1.165) is 50.5 Å². The van der Waals surface area contributed by atoms with Gasteiger partial charge in [0.25, 0.3) is 0 Å². The summed E-state index contributed by atoms with van der Waals surface area (Å²) in [6, 6.07) is 0. The fraction of sp³-hybridized carbons (Fsp3) is 0.861. The molecular formula is C36H56O8. The summed E-state index contributed by atoms with van der Waals surface area (Å²) in [6.07, 6.45) is 2.78. The summed E-state index contributed by atoms with van der Waals surface area (Å²) in [7, 11) is 0. The van der Waals surface area contributed by atoms with E-state index >= 15 is 0 Å². The van der Waals surface area contributed by atoms with Crippen molar-refractivity contribution in [3.8, 4) is 0 Å². The Bertz CT molecular complexity index is 1240. The third-order valence-corrected chi connectivity index (χ3v) is 14.8. The maximum atomic E-state index is 14.4. The van der Waals surface area contributed by atoms with Crippen LogP contribution in [-0.4, -0.2) is 74.9 Å². The molecule has 248 valence electrons. The molecule has 0 amide bonds. The minimum atomic E-state index is -1.62. The van der Waals surface area contributed by atoms with Crippen molar-refractivity contribution in [3.05, 3.63) is 22.8 Å². The Hall–Kier alpha value is -1.29. The Labute approximate surface area is 262 Å². The molecule has 0 spiro atoms. The molecule has 4 fully saturated rings. The van der Waals surface area contributed by atoms with E-state index in [9.17, 15) is 30.3 Å². The van der Waals surface area contributed by atoms with Crippen LogP contribution in [0.2, 0.25) is 0 Å². The second kappa shape index (κ2) is 10.6. The third-order valence-electron chi connectivity index (χ3n) is 14.8. The van der Waals surface area contributed by atoms with Gasteiger partial charge in [0, 0.05) is 0 Å². The van der Waals surface area contributed by atoms with Gasteiger partial charge < -0.3 is 35.0 Å². The Balaban J connectivity index is 1.38. The highest BCUT2D eigenvalue weighted by atomic mass is 16.7. The van der Waals surface area contributed by atoms with E-state index < -0.39 is 48.7 Å². The topological polar surface area (TPSA) is 137 Å². The fourth-order valence-electron chi connectivity index (χ4n) is 11.6. The van der Waals surface area contributed by atoms with Crippen molar-refractivity contribution in [2.45, 2.75) is 143 Å². The quantitative estimate of drug-likeness (QED) is 0.294. The molecule has 44 heavy (non-hydrogen) atoms. The maximum absolute atomic E-state index is 14.4. The molecule has 0 radical (unpaired) electrons. The molecule has 6 aliphatic rings. The number of aliphatic hydroxyl groups excluding tert-OH is 5. The lowest BCUT2D eigenvalue weighted by Crippen LogP contribution is -2.64. The lowest BCUT2D eigenvalue weighted by atomic mass is 9.34. The van der Waals surface area contributed by atoms with E-state index in [4.69, 9.17) is 9.47 Å². The van der Waals surface area contributed by atoms with Crippen LogP contribution >= 0.6 is 0 Å². The molecule has 0 unspecified atom stereocenters. The summed E-state index contributed by atoms with van der Waals surface area (Å²) in [4.78, 5) is 14.4. The number of rotatable bonds is 3. The zero-order valence-corrected chi connectivity index (χ0v) is 27.8. The molecule has 0 aromatic rings. The first kappa shape index (κ1) is 32.6. The van der Waals surface area contributed by atoms with Crippen LogP contribution in [0.5, 0.6) is 0 Å². The molecule has 5 N–H and O–H groups in total. The number of carbonyl (C=O) groups excluding carboxylic acids is 1. The number of esters is 1. The highest BCUT2D eigenvalue weighted by Gasteiger charge is 2.68. The number of allylic oxidation sites excluding steroid dienone is 3. The molecular weight excluding hydrogens is 560 g/mol. The van der Waals surface area contributed by atoms with Crippen LogP contribution in [0, 0.1) is 44.8 Å². The van der Waals surface area contributed by atoms with Crippen molar-refractivity contribution < 1.29 is 39.8 Å². The number of hydrogen-bond donors (Lipinski definition) is 5. The van der Waals surface area contributed by atoms with Gasteiger partial charge in [0.2, 0.25) is 6.29 Å². The molecule has 8 nitrogen and oxygen atoms in total. The summed E-state index contributed by atoms with van der Waals surface area (Å²) in [5.41, 5.74) is 2.63. The minimum absolute atomic E-state index is 0.0298. The number of ether oxygens (including phenoxy) is 2. The number of hydrogen-bond acceptors (Lipinski definition) is 8. The monoisotopic (exact) mass is 616 g/mol. The third kappa shape index (κ3) is 4.19. The molecule has 5 aliphatic carbocycles. The van der Waals surface area contributed by atoms with Crippen molar-refractivity contribution in [1.82, 2.24) is 0 Å². The van der Waals surface area contributed by atoms with Crippen molar-refractivity contribution in [3.63, 3.8) is 0 Å². The lowest BCUT2D eigenvalue weighted by molar-refractivity contribution is -0.295. The summed E-state index contributed by atoms with van der Waals surface area (Å²) < 4.78 is 11.5. The predicted octanol–water partition coefficient (Wildman–Crippen LogP) is 4.41. The Morgan fingerprint density at radius 3 is 2.30 bits per heavy atom. The molecule has 13 atom stereocenters. The molecule has 0 aromatic carbocycles. The highest BCUT2D eigenvalue weighted by Crippen LogP contribution is 2.75. The predicted molar refractivity (Wildman–Crippen MR) is 165 cm³/mol. The molecule has 1 heterocycles. The van der Waals surface area contributed by atoms with E-state index in [1.54, 1.807) is 0 Å². The highest BCUT2D eigenvalue weighted by molar-refractivity contribution is 5.84. The van der Waals surface area contributed by atoms with Crippen molar-refractivity contribution >= 4 is 5.97 Å². The van der Waals surface area contributed by atoms with Crippen LogP contribution in [0.4, 0.5) is 0 Å². The second-order valence-electron chi connectivity index (χ2n) is 16.8. The van der Waals surface area contributed by atoms with Gasteiger partial charge in [-0.15, -0.1) is 0 Å². The molecule has 8 heteroatoms. The first-order chi connectivity index (χ1) is 20.5. The standard InChI is InChI=1S/C36H56O8/c1-19-10-15-36(31(42)44-30-29(41)28(40)27(39)22(18-37)43-30)17-16-34(6)21(26(36)20(19)2)8-9-24-33(5)13-12-25(38)32(3,4)23(33)11-14-35(24,34)7/h8,19,22-25,27-30,37-41H,9-18H2,1-7H3/t19-,22-,23+,24-,25+,27-,28+,29-,30+,33+,34-,35-,36+/m1/s1. The average Bonchev–Trinajstić information content (AvgIpc) is 2.97. The Kier molecular flexibility index (Phi) is 7.87. The Morgan fingerprint density at radius 1 is 0.909 bits per heavy atom. The van der Waals surface area contributed by atoms with Gasteiger partial charge in [-0.3, -0.25) is 4.79 Å². The number of aliphatic hydroxyl groups is 5.